The number of rotatable bonds is 8. The zero-order chi connectivity index (χ0) is 21.5. The van der Waals surface area contributed by atoms with Crippen molar-refractivity contribution < 1.29 is 23.4 Å². The molecule has 1 saturated carbocycles. The lowest BCUT2D eigenvalue weighted by Gasteiger charge is -2.29. The van der Waals surface area contributed by atoms with Crippen molar-refractivity contribution in [3.05, 3.63) is 30.5 Å². The molecular formula is C21H27FN4O4. The number of carbonyl (C=O) groups is 1. The second-order valence-electron chi connectivity index (χ2n) is 7.41. The van der Waals surface area contributed by atoms with Gasteiger partial charge in [-0.15, -0.1) is 0 Å². The van der Waals surface area contributed by atoms with Crippen molar-refractivity contribution in [2.45, 2.75) is 57.8 Å². The van der Waals surface area contributed by atoms with E-state index in [-0.39, 0.29) is 24.2 Å². The molecule has 1 atom stereocenters. The summed E-state index contributed by atoms with van der Waals surface area (Å²) < 4.78 is 30.4. The van der Waals surface area contributed by atoms with E-state index < -0.39 is 5.82 Å². The molecule has 1 aliphatic carbocycles. The normalized spacial score (nSPS) is 19.7. The van der Waals surface area contributed by atoms with Gasteiger partial charge in [0, 0.05) is 24.7 Å². The van der Waals surface area contributed by atoms with Crippen LogP contribution in [0.4, 0.5) is 4.39 Å². The van der Waals surface area contributed by atoms with Gasteiger partial charge < -0.3 is 19.5 Å². The predicted octanol–water partition coefficient (Wildman–Crippen LogP) is 2.92. The number of nitrogens with zero attached hydrogens (tertiary/aromatic N) is 3. The van der Waals surface area contributed by atoms with Gasteiger partial charge in [0.1, 0.15) is 6.10 Å². The number of carbonyl (C=O) groups excluding carboxylic acids is 1. The Bertz CT molecular complexity index is 841. The molecule has 1 aliphatic rings. The summed E-state index contributed by atoms with van der Waals surface area (Å²) in [6.07, 6.45) is 7.42. The minimum atomic E-state index is -0.497. The van der Waals surface area contributed by atoms with Gasteiger partial charge in [0.15, 0.2) is 17.4 Å². The van der Waals surface area contributed by atoms with Crippen molar-refractivity contribution in [2.75, 3.05) is 13.7 Å². The van der Waals surface area contributed by atoms with E-state index in [9.17, 15) is 9.18 Å². The van der Waals surface area contributed by atoms with Crippen LogP contribution in [0.2, 0.25) is 0 Å². The first-order valence-corrected chi connectivity index (χ1v) is 10.0. The van der Waals surface area contributed by atoms with E-state index in [1.54, 1.807) is 19.4 Å². The van der Waals surface area contributed by atoms with Crippen molar-refractivity contribution in [2.24, 2.45) is 0 Å². The summed E-state index contributed by atoms with van der Waals surface area (Å²) in [6, 6.07) is 1.72. The third-order valence-electron chi connectivity index (χ3n) is 4.85. The lowest BCUT2D eigenvalue weighted by Crippen LogP contribution is -2.36. The Balaban J connectivity index is 1.53. The Hall–Kier alpha value is -2.81. The highest BCUT2D eigenvalue weighted by molar-refractivity contribution is 5.73. The number of hydrogen-bond acceptors (Lipinski definition) is 7. The third kappa shape index (κ3) is 6.09. The molecule has 0 bridgehead atoms. The average Bonchev–Trinajstić information content (AvgIpc) is 2.73. The lowest BCUT2D eigenvalue weighted by atomic mass is 9.95. The van der Waals surface area contributed by atoms with Gasteiger partial charge in [-0.3, -0.25) is 4.79 Å². The van der Waals surface area contributed by atoms with Crippen LogP contribution in [-0.4, -0.2) is 52.8 Å². The molecule has 1 fully saturated rings. The lowest BCUT2D eigenvalue weighted by molar-refractivity contribution is -0.120. The molecule has 0 aromatic carbocycles. The van der Waals surface area contributed by atoms with E-state index in [2.05, 4.69) is 20.3 Å². The van der Waals surface area contributed by atoms with Gasteiger partial charge in [-0.1, -0.05) is 0 Å². The fourth-order valence-corrected chi connectivity index (χ4v) is 3.39. The molecule has 2 aromatic heterocycles. The summed E-state index contributed by atoms with van der Waals surface area (Å²) in [5.74, 6) is 0.694. The molecular weight excluding hydrogens is 391 g/mol. The first-order chi connectivity index (χ1) is 14.4. The summed E-state index contributed by atoms with van der Waals surface area (Å²) in [5.41, 5.74) is 0.615. The highest BCUT2D eigenvalue weighted by atomic mass is 19.1. The Labute approximate surface area is 175 Å². The van der Waals surface area contributed by atoms with Gasteiger partial charge in [-0.05, 0) is 38.7 Å². The van der Waals surface area contributed by atoms with Crippen molar-refractivity contribution in [1.82, 2.24) is 20.3 Å². The molecule has 0 aliphatic heterocycles. The number of halogens is 1. The summed E-state index contributed by atoms with van der Waals surface area (Å²) in [7, 11) is 1.54. The molecule has 0 unspecified atom stereocenters. The smallest absolute Gasteiger partial charge is 0.257 e. The van der Waals surface area contributed by atoms with E-state index >= 15 is 0 Å². The molecule has 2 heterocycles. The highest BCUT2D eigenvalue weighted by Crippen LogP contribution is 2.32. The predicted molar refractivity (Wildman–Crippen MR) is 108 cm³/mol. The van der Waals surface area contributed by atoms with Crippen LogP contribution < -0.4 is 14.8 Å². The van der Waals surface area contributed by atoms with Gasteiger partial charge in [0.05, 0.1) is 32.2 Å². The number of pyridine rings is 1. The van der Waals surface area contributed by atoms with E-state index in [1.165, 1.54) is 6.92 Å². The van der Waals surface area contributed by atoms with E-state index in [1.807, 2.05) is 6.92 Å². The maximum Gasteiger partial charge on any atom is 0.257 e. The summed E-state index contributed by atoms with van der Waals surface area (Å²) >= 11 is 0. The number of methoxy groups -OCH3 is 1. The largest absolute Gasteiger partial charge is 0.491 e. The number of nitrogens with one attached hydrogen (secondary N) is 1. The number of amides is 1. The Morgan fingerprint density at radius 1 is 1.17 bits per heavy atom. The topological polar surface area (TPSA) is 95.5 Å². The first-order valence-electron chi connectivity index (χ1n) is 10.0. The zero-order valence-corrected chi connectivity index (χ0v) is 17.4. The monoisotopic (exact) mass is 418 g/mol. The average molecular weight is 418 g/mol. The first kappa shape index (κ1) is 21.9. The van der Waals surface area contributed by atoms with Crippen molar-refractivity contribution in [3.63, 3.8) is 0 Å². The standard InChI is InChI=1S/C21H27FN4O4/c1-13(26-14(2)27)12-29-17-4-6-18(7-5-17)30-21-19(28-3)8-15(9-25-21)20-23-10-16(22)11-24-20/h8-11,13,17-18H,4-7,12H2,1-3H3,(H,26,27)/t13-,17-,18-/m0/s1. The number of ether oxygens (including phenoxy) is 3. The number of aromatic nitrogens is 3. The Morgan fingerprint density at radius 3 is 2.47 bits per heavy atom. The van der Waals surface area contributed by atoms with E-state index in [0.717, 1.165) is 38.1 Å². The molecule has 0 saturated heterocycles. The van der Waals surface area contributed by atoms with Gasteiger partial charge >= 0.3 is 0 Å². The van der Waals surface area contributed by atoms with Crippen LogP contribution in [0.3, 0.4) is 0 Å². The van der Waals surface area contributed by atoms with Crippen LogP contribution in [0.1, 0.15) is 39.5 Å². The van der Waals surface area contributed by atoms with E-state index in [0.29, 0.717) is 29.6 Å². The van der Waals surface area contributed by atoms with Crippen LogP contribution in [0.25, 0.3) is 11.4 Å². The van der Waals surface area contributed by atoms with Gasteiger partial charge in [0.25, 0.3) is 5.88 Å². The van der Waals surface area contributed by atoms with Crippen LogP contribution in [-0.2, 0) is 9.53 Å². The van der Waals surface area contributed by atoms with E-state index in [4.69, 9.17) is 14.2 Å². The third-order valence-corrected chi connectivity index (χ3v) is 4.85. The van der Waals surface area contributed by atoms with Crippen LogP contribution in [0, 0.1) is 5.82 Å². The number of hydrogen-bond donors (Lipinski definition) is 1. The maximum absolute atomic E-state index is 13.0. The van der Waals surface area contributed by atoms with Crippen LogP contribution in [0.5, 0.6) is 11.6 Å². The molecule has 1 amide bonds. The molecule has 0 spiro atoms. The van der Waals surface area contributed by atoms with Gasteiger partial charge in [0.2, 0.25) is 5.91 Å². The molecule has 9 heteroatoms. The molecule has 162 valence electrons. The summed E-state index contributed by atoms with van der Waals surface area (Å²) in [6.45, 7) is 3.92. The minimum absolute atomic E-state index is 0.00599. The second kappa shape index (κ2) is 10.3. The maximum atomic E-state index is 13.0. The van der Waals surface area contributed by atoms with Crippen molar-refractivity contribution >= 4 is 5.91 Å². The van der Waals surface area contributed by atoms with Crippen LogP contribution in [0.15, 0.2) is 24.7 Å². The van der Waals surface area contributed by atoms with Crippen molar-refractivity contribution in [1.29, 1.82) is 0 Å². The Kier molecular flexibility index (Phi) is 7.51. The fraction of sp³-hybridized carbons (Fsp3) is 0.524. The molecule has 3 rings (SSSR count). The molecule has 2 aromatic rings. The quantitative estimate of drug-likeness (QED) is 0.704. The molecule has 0 radical (unpaired) electrons. The summed E-state index contributed by atoms with van der Waals surface area (Å²) in [4.78, 5) is 23.4. The molecule has 1 N–H and O–H groups in total. The van der Waals surface area contributed by atoms with Gasteiger partial charge in [-0.25, -0.2) is 19.3 Å². The Morgan fingerprint density at radius 2 is 1.83 bits per heavy atom. The summed E-state index contributed by atoms with van der Waals surface area (Å²) in [5, 5.41) is 2.82. The van der Waals surface area contributed by atoms with Gasteiger partial charge in [-0.2, -0.15) is 0 Å². The molecule has 30 heavy (non-hydrogen) atoms. The van der Waals surface area contributed by atoms with Crippen molar-refractivity contribution in [3.8, 4) is 23.0 Å². The zero-order valence-electron chi connectivity index (χ0n) is 17.4. The highest BCUT2D eigenvalue weighted by Gasteiger charge is 2.25. The SMILES string of the molecule is COc1cc(-c2ncc(F)cn2)cnc1O[C@H]1CC[C@H](OC[C@H](C)NC(C)=O)CC1. The van der Waals surface area contributed by atoms with Crippen LogP contribution >= 0.6 is 0 Å². The minimum Gasteiger partial charge on any atom is -0.491 e. The second-order valence-corrected chi connectivity index (χ2v) is 7.41. The molecule has 8 nitrogen and oxygen atoms in total. The fourth-order valence-electron chi connectivity index (χ4n) is 3.39.